The number of hydrogen-bond acceptors (Lipinski definition) is 4. The van der Waals surface area contributed by atoms with E-state index in [1.54, 1.807) is 17.6 Å². The molecule has 2 rings (SSSR count). The van der Waals surface area contributed by atoms with Crippen molar-refractivity contribution in [3.63, 3.8) is 0 Å². The van der Waals surface area contributed by atoms with E-state index in [1.807, 2.05) is 17.5 Å². The standard InChI is InChI=1S/C15H18N2O2S/c1-11(2)7-16-15(18)12-4-3-5-14(6-12)19-8-13-9-20-10-17-13/h3-6,9-11H,7-8H2,1-2H3,(H,16,18). The van der Waals surface area contributed by atoms with E-state index in [1.165, 1.54) is 11.3 Å². The highest BCUT2D eigenvalue weighted by molar-refractivity contribution is 7.07. The Morgan fingerprint density at radius 1 is 1.45 bits per heavy atom. The molecular formula is C15H18N2O2S. The first kappa shape index (κ1) is 14.5. The summed E-state index contributed by atoms with van der Waals surface area (Å²) in [6.45, 7) is 5.21. The molecule has 0 saturated heterocycles. The lowest BCUT2D eigenvalue weighted by atomic mass is 10.2. The average molecular weight is 290 g/mol. The Morgan fingerprint density at radius 2 is 2.30 bits per heavy atom. The van der Waals surface area contributed by atoms with Crippen LogP contribution in [0.25, 0.3) is 0 Å². The summed E-state index contributed by atoms with van der Waals surface area (Å²) >= 11 is 1.54. The smallest absolute Gasteiger partial charge is 0.251 e. The number of benzene rings is 1. The van der Waals surface area contributed by atoms with Crippen LogP contribution in [0.1, 0.15) is 29.9 Å². The molecule has 0 fully saturated rings. The van der Waals surface area contributed by atoms with E-state index in [2.05, 4.69) is 24.1 Å². The topological polar surface area (TPSA) is 51.2 Å². The summed E-state index contributed by atoms with van der Waals surface area (Å²) in [5, 5.41) is 4.83. The van der Waals surface area contributed by atoms with Crippen LogP contribution in [-0.4, -0.2) is 17.4 Å². The Bertz CT molecular complexity index is 553. The number of carbonyl (C=O) groups excluding carboxylic acids is 1. The molecule has 2 aromatic rings. The minimum absolute atomic E-state index is 0.0715. The molecule has 0 atom stereocenters. The summed E-state index contributed by atoms with van der Waals surface area (Å²) in [7, 11) is 0. The van der Waals surface area contributed by atoms with Gasteiger partial charge in [-0.25, -0.2) is 4.98 Å². The SMILES string of the molecule is CC(C)CNC(=O)c1cccc(OCc2cscn2)c1. The Labute approximate surface area is 122 Å². The first-order valence-corrected chi connectivity index (χ1v) is 7.47. The van der Waals surface area contributed by atoms with Crippen molar-refractivity contribution in [1.82, 2.24) is 10.3 Å². The van der Waals surface area contributed by atoms with Gasteiger partial charge in [0.2, 0.25) is 0 Å². The number of carbonyl (C=O) groups is 1. The van der Waals surface area contributed by atoms with Gasteiger partial charge in [0.15, 0.2) is 0 Å². The van der Waals surface area contributed by atoms with Gasteiger partial charge < -0.3 is 10.1 Å². The van der Waals surface area contributed by atoms with Crippen LogP contribution in [0.3, 0.4) is 0 Å². The van der Waals surface area contributed by atoms with Gasteiger partial charge >= 0.3 is 0 Å². The molecule has 106 valence electrons. The number of aromatic nitrogens is 1. The van der Waals surface area contributed by atoms with Crippen molar-refractivity contribution in [3.05, 3.63) is 46.4 Å². The van der Waals surface area contributed by atoms with Crippen molar-refractivity contribution in [2.45, 2.75) is 20.5 Å². The molecule has 4 nitrogen and oxygen atoms in total. The lowest BCUT2D eigenvalue weighted by Gasteiger charge is -2.09. The first-order chi connectivity index (χ1) is 9.65. The highest BCUT2D eigenvalue weighted by Gasteiger charge is 2.07. The Kier molecular flexibility index (Phi) is 5.12. The normalized spacial score (nSPS) is 10.6. The number of ether oxygens (including phenoxy) is 1. The number of nitrogens with zero attached hydrogens (tertiary/aromatic N) is 1. The summed E-state index contributed by atoms with van der Waals surface area (Å²) in [5.41, 5.74) is 3.28. The summed E-state index contributed by atoms with van der Waals surface area (Å²) in [6.07, 6.45) is 0. The molecule has 1 amide bonds. The van der Waals surface area contributed by atoms with E-state index in [9.17, 15) is 4.79 Å². The van der Waals surface area contributed by atoms with E-state index in [-0.39, 0.29) is 5.91 Å². The molecule has 0 radical (unpaired) electrons. The van der Waals surface area contributed by atoms with Crippen molar-refractivity contribution in [2.24, 2.45) is 5.92 Å². The molecule has 0 unspecified atom stereocenters. The van der Waals surface area contributed by atoms with Crippen molar-refractivity contribution in [1.29, 1.82) is 0 Å². The summed E-state index contributed by atoms with van der Waals surface area (Å²) in [5.74, 6) is 1.04. The maximum absolute atomic E-state index is 12.0. The number of thiazole rings is 1. The van der Waals surface area contributed by atoms with Crippen LogP contribution in [0.15, 0.2) is 35.2 Å². The van der Waals surface area contributed by atoms with E-state index in [0.717, 1.165) is 5.69 Å². The summed E-state index contributed by atoms with van der Waals surface area (Å²) in [6, 6.07) is 7.19. The van der Waals surface area contributed by atoms with Gasteiger partial charge in [-0.15, -0.1) is 11.3 Å². The largest absolute Gasteiger partial charge is 0.487 e. The van der Waals surface area contributed by atoms with Gasteiger partial charge in [0.1, 0.15) is 12.4 Å². The number of nitrogens with one attached hydrogen (secondary N) is 1. The van der Waals surface area contributed by atoms with Gasteiger partial charge in [0.05, 0.1) is 11.2 Å². The molecule has 5 heteroatoms. The third kappa shape index (κ3) is 4.35. The van der Waals surface area contributed by atoms with E-state index < -0.39 is 0 Å². The second-order valence-corrected chi connectivity index (χ2v) is 5.62. The zero-order chi connectivity index (χ0) is 14.4. The summed E-state index contributed by atoms with van der Waals surface area (Å²) in [4.78, 5) is 16.1. The highest BCUT2D eigenvalue weighted by Crippen LogP contribution is 2.15. The molecular weight excluding hydrogens is 272 g/mol. The van der Waals surface area contributed by atoms with Crippen molar-refractivity contribution in [2.75, 3.05) is 6.54 Å². The first-order valence-electron chi connectivity index (χ1n) is 6.53. The van der Waals surface area contributed by atoms with E-state index >= 15 is 0 Å². The molecule has 20 heavy (non-hydrogen) atoms. The minimum atomic E-state index is -0.0715. The van der Waals surface area contributed by atoms with Gasteiger partial charge in [0, 0.05) is 17.5 Å². The molecule has 1 N–H and O–H groups in total. The fourth-order valence-electron chi connectivity index (χ4n) is 1.59. The monoisotopic (exact) mass is 290 g/mol. The minimum Gasteiger partial charge on any atom is -0.487 e. The quantitative estimate of drug-likeness (QED) is 0.889. The second-order valence-electron chi connectivity index (χ2n) is 4.90. The van der Waals surface area contributed by atoms with Gasteiger partial charge in [-0.05, 0) is 24.1 Å². The zero-order valence-corrected chi connectivity index (χ0v) is 12.4. The molecule has 0 aliphatic heterocycles. The second kappa shape index (κ2) is 7.05. The summed E-state index contributed by atoms with van der Waals surface area (Å²) < 4.78 is 5.63. The van der Waals surface area contributed by atoms with Crippen molar-refractivity contribution >= 4 is 17.2 Å². The van der Waals surface area contributed by atoms with Gasteiger partial charge in [0.25, 0.3) is 5.91 Å². The maximum atomic E-state index is 12.0. The molecule has 0 aliphatic carbocycles. The zero-order valence-electron chi connectivity index (χ0n) is 11.6. The van der Waals surface area contributed by atoms with Gasteiger partial charge in [-0.1, -0.05) is 19.9 Å². The molecule has 1 heterocycles. The molecule has 0 spiro atoms. The van der Waals surface area contributed by atoms with Crippen molar-refractivity contribution < 1.29 is 9.53 Å². The number of rotatable bonds is 6. The molecule has 0 bridgehead atoms. The molecule has 0 aliphatic rings. The lowest BCUT2D eigenvalue weighted by Crippen LogP contribution is -2.27. The fourth-order valence-corrected chi connectivity index (χ4v) is 2.14. The third-order valence-electron chi connectivity index (χ3n) is 2.64. The van der Waals surface area contributed by atoms with Crippen molar-refractivity contribution in [3.8, 4) is 5.75 Å². The van der Waals surface area contributed by atoms with Crippen LogP contribution in [-0.2, 0) is 6.61 Å². The van der Waals surface area contributed by atoms with Crippen LogP contribution >= 0.6 is 11.3 Å². The van der Waals surface area contributed by atoms with Crippen LogP contribution in [0.2, 0.25) is 0 Å². The Morgan fingerprint density at radius 3 is 3.00 bits per heavy atom. The molecule has 1 aromatic heterocycles. The van der Waals surface area contributed by atoms with Crippen LogP contribution in [0.4, 0.5) is 0 Å². The van der Waals surface area contributed by atoms with Crippen LogP contribution in [0.5, 0.6) is 5.75 Å². The van der Waals surface area contributed by atoms with Crippen LogP contribution < -0.4 is 10.1 Å². The Hall–Kier alpha value is -1.88. The predicted molar refractivity (Wildman–Crippen MR) is 80.1 cm³/mol. The van der Waals surface area contributed by atoms with Crippen LogP contribution in [0, 0.1) is 5.92 Å². The van der Waals surface area contributed by atoms with Gasteiger partial charge in [-0.2, -0.15) is 0 Å². The number of amides is 1. The Balaban J connectivity index is 1.95. The fraction of sp³-hybridized carbons (Fsp3) is 0.333. The average Bonchev–Trinajstić information content (AvgIpc) is 2.96. The predicted octanol–water partition coefficient (Wildman–Crippen LogP) is 3.11. The number of hydrogen-bond donors (Lipinski definition) is 1. The van der Waals surface area contributed by atoms with E-state index in [0.29, 0.717) is 30.4 Å². The lowest BCUT2D eigenvalue weighted by molar-refractivity contribution is 0.0948. The maximum Gasteiger partial charge on any atom is 0.251 e. The molecule has 1 aromatic carbocycles. The van der Waals surface area contributed by atoms with E-state index in [4.69, 9.17) is 4.74 Å². The van der Waals surface area contributed by atoms with Gasteiger partial charge in [-0.3, -0.25) is 4.79 Å². The third-order valence-corrected chi connectivity index (χ3v) is 3.27. The molecule has 0 saturated carbocycles. The highest BCUT2D eigenvalue weighted by atomic mass is 32.1.